The van der Waals surface area contributed by atoms with Crippen LogP contribution in [0.1, 0.15) is 23.7 Å². The van der Waals surface area contributed by atoms with Crippen LogP contribution in [-0.4, -0.2) is 16.0 Å². The second-order valence-electron chi connectivity index (χ2n) is 4.18. The van der Waals surface area contributed by atoms with Crippen LogP contribution in [0.5, 0.6) is 0 Å². The summed E-state index contributed by atoms with van der Waals surface area (Å²) in [6.07, 6.45) is -0.495. The zero-order valence-corrected chi connectivity index (χ0v) is 11.0. The van der Waals surface area contributed by atoms with Gasteiger partial charge in [0.15, 0.2) is 0 Å². The first-order valence-corrected chi connectivity index (χ1v) is 6.28. The Labute approximate surface area is 116 Å². The molecule has 2 N–H and O–H groups in total. The van der Waals surface area contributed by atoms with Gasteiger partial charge in [-0.1, -0.05) is 59.2 Å². The maximum absolute atomic E-state index is 10.1. The molecule has 2 rings (SSSR count). The number of hydrogen-bond acceptors (Lipinski definition) is 3. The van der Waals surface area contributed by atoms with Gasteiger partial charge in [-0.3, -0.25) is 0 Å². The summed E-state index contributed by atoms with van der Waals surface area (Å²) in [5.41, 5.74) is 1.97. The fourth-order valence-corrected chi connectivity index (χ4v) is 1.96. The summed E-state index contributed by atoms with van der Waals surface area (Å²) >= 11 is 5.80. The summed E-state index contributed by atoms with van der Waals surface area (Å²) in [4.78, 5) is 0. The molecule has 4 heteroatoms. The van der Waals surface area contributed by atoms with Gasteiger partial charge in [0.25, 0.3) is 0 Å². The van der Waals surface area contributed by atoms with E-state index in [-0.39, 0.29) is 6.42 Å². The van der Waals surface area contributed by atoms with Gasteiger partial charge in [-0.15, -0.1) is 0 Å². The molecular formula is C15H14ClNO2. The summed E-state index contributed by atoms with van der Waals surface area (Å²) in [5.74, 6) is 0. The second kappa shape index (κ2) is 6.36. The molecule has 0 radical (unpaired) electrons. The molecule has 0 fully saturated rings. The Kier molecular flexibility index (Phi) is 4.55. The molecule has 2 aromatic carbocycles. The Balaban J connectivity index is 2.13. The van der Waals surface area contributed by atoms with Crippen LogP contribution in [0.2, 0.25) is 5.02 Å². The summed E-state index contributed by atoms with van der Waals surface area (Å²) in [6, 6.07) is 16.2. The highest BCUT2D eigenvalue weighted by Crippen LogP contribution is 2.21. The summed E-state index contributed by atoms with van der Waals surface area (Å²) < 4.78 is 0. The molecule has 0 heterocycles. The van der Waals surface area contributed by atoms with Crippen molar-refractivity contribution >= 4 is 17.3 Å². The van der Waals surface area contributed by atoms with Gasteiger partial charge >= 0.3 is 0 Å². The molecule has 3 nitrogen and oxygen atoms in total. The van der Waals surface area contributed by atoms with E-state index in [0.29, 0.717) is 10.7 Å². The molecule has 0 saturated carbocycles. The van der Waals surface area contributed by atoms with E-state index < -0.39 is 6.10 Å². The largest absolute Gasteiger partial charge is 0.411 e. The van der Waals surface area contributed by atoms with Crippen molar-refractivity contribution in [3.8, 4) is 0 Å². The Hall–Kier alpha value is -1.84. The molecule has 0 aliphatic carbocycles. The highest BCUT2D eigenvalue weighted by molar-refractivity contribution is 6.30. The third-order valence-corrected chi connectivity index (χ3v) is 3.12. The number of halogens is 1. The maximum Gasteiger partial charge on any atom is 0.0897 e. The van der Waals surface area contributed by atoms with Crippen LogP contribution in [0, 0.1) is 0 Å². The van der Waals surface area contributed by atoms with Crippen molar-refractivity contribution in [1.82, 2.24) is 0 Å². The van der Waals surface area contributed by atoms with Gasteiger partial charge < -0.3 is 10.3 Å². The lowest BCUT2D eigenvalue weighted by molar-refractivity contribution is 0.184. The molecule has 0 spiro atoms. The van der Waals surface area contributed by atoms with Crippen LogP contribution < -0.4 is 0 Å². The van der Waals surface area contributed by atoms with E-state index in [2.05, 4.69) is 5.16 Å². The van der Waals surface area contributed by atoms with Crippen molar-refractivity contribution in [2.75, 3.05) is 0 Å². The first kappa shape index (κ1) is 13.6. The number of aliphatic hydroxyl groups excluding tert-OH is 1. The average molecular weight is 276 g/mol. The normalized spacial score (nSPS) is 13.3. The highest BCUT2D eigenvalue weighted by Gasteiger charge is 2.13. The fraction of sp³-hybridized carbons (Fsp3) is 0.133. The molecule has 0 amide bonds. The Morgan fingerprint density at radius 2 is 1.68 bits per heavy atom. The van der Waals surface area contributed by atoms with Crippen LogP contribution in [0.4, 0.5) is 0 Å². The summed E-state index contributed by atoms with van der Waals surface area (Å²) in [7, 11) is 0. The quantitative estimate of drug-likeness (QED) is 0.508. The smallest absolute Gasteiger partial charge is 0.0897 e. The zero-order valence-electron chi connectivity index (χ0n) is 10.2. The monoisotopic (exact) mass is 275 g/mol. The SMILES string of the molecule is O/N=C(/CC(O)c1ccc(Cl)cc1)c1ccccc1. The number of aliphatic hydroxyl groups is 1. The number of oxime groups is 1. The minimum Gasteiger partial charge on any atom is -0.411 e. The molecule has 1 atom stereocenters. The van der Waals surface area contributed by atoms with Gasteiger partial charge in [0.1, 0.15) is 0 Å². The lowest BCUT2D eigenvalue weighted by atomic mass is 10.00. The van der Waals surface area contributed by atoms with Gasteiger partial charge in [0.05, 0.1) is 11.8 Å². The van der Waals surface area contributed by atoms with E-state index in [1.807, 2.05) is 30.3 Å². The van der Waals surface area contributed by atoms with Crippen LogP contribution in [-0.2, 0) is 0 Å². The zero-order chi connectivity index (χ0) is 13.7. The fourth-order valence-electron chi connectivity index (χ4n) is 1.83. The van der Waals surface area contributed by atoms with E-state index in [9.17, 15) is 5.11 Å². The van der Waals surface area contributed by atoms with Crippen molar-refractivity contribution in [2.24, 2.45) is 5.16 Å². The molecule has 98 valence electrons. The molecular weight excluding hydrogens is 262 g/mol. The molecule has 0 aliphatic rings. The van der Waals surface area contributed by atoms with Crippen molar-refractivity contribution in [3.05, 3.63) is 70.7 Å². The number of hydrogen-bond donors (Lipinski definition) is 2. The minimum absolute atomic E-state index is 0.238. The number of benzene rings is 2. The van der Waals surface area contributed by atoms with Crippen molar-refractivity contribution in [3.63, 3.8) is 0 Å². The molecule has 0 aliphatic heterocycles. The molecule has 0 aromatic heterocycles. The third-order valence-electron chi connectivity index (χ3n) is 2.87. The first-order valence-electron chi connectivity index (χ1n) is 5.90. The minimum atomic E-state index is -0.733. The van der Waals surface area contributed by atoms with E-state index in [4.69, 9.17) is 16.8 Å². The maximum atomic E-state index is 10.1. The van der Waals surface area contributed by atoms with Crippen LogP contribution in [0.15, 0.2) is 59.8 Å². The molecule has 0 bridgehead atoms. The topological polar surface area (TPSA) is 52.8 Å². The number of nitrogens with zero attached hydrogens (tertiary/aromatic N) is 1. The predicted octanol–water partition coefficient (Wildman–Crippen LogP) is 3.64. The Morgan fingerprint density at radius 3 is 2.26 bits per heavy atom. The molecule has 1 unspecified atom stereocenters. The molecule has 2 aromatic rings. The second-order valence-corrected chi connectivity index (χ2v) is 4.62. The van der Waals surface area contributed by atoms with Crippen LogP contribution in [0.25, 0.3) is 0 Å². The standard InChI is InChI=1S/C15H14ClNO2/c16-13-8-6-12(7-9-13)15(18)10-14(17-19)11-4-2-1-3-5-11/h1-9,15,18-19H,10H2/b17-14-. The van der Waals surface area contributed by atoms with Gasteiger partial charge in [0.2, 0.25) is 0 Å². The molecule has 0 saturated heterocycles. The summed E-state index contributed by atoms with van der Waals surface area (Å²) in [5, 5.41) is 23.1. The first-order chi connectivity index (χ1) is 9.20. The van der Waals surface area contributed by atoms with Crippen molar-refractivity contribution in [1.29, 1.82) is 0 Å². The van der Waals surface area contributed by atoms with Crippen molar-refractivity contribution in [2.45, 2.75) is 12.5 Å². The Morgan fingerprint density at radius 1 is 1.05 bits per heavy atom. The van der Waals surface area contributed by atoms with E-state index >= 15 is 0 Å². The lowest BCUT2D eigenvalue weighted by Gasteiger charge is -2.12. The average Bonchev–Trinajstić information content (AvgIpc) is 2.46. The van der Waals surface area contributed by atoms with Crippen LogP contribution in [0.3, 0.4) is 0 Å². The highest BCUT2D eigenvalue weighted by atomic mass is 35.5. The van der Waals surface area contributed by atoms with Gasteiger partial charge in [-0.25, -0.2) is 0 Å². The Bertz CT molecular complexity index is 552. The van der Waals surface area contributed by atoms with E-state index in [0.717, 1.165) is 11.1 Å². The van der Waals surface area contributed by atoms with Gasteiger partial charge in [-0.2, -0.15) is 0 Å². The van der Waals surface area contributed by atoms with Gasteiger partial charge in [-0.05, 0) is 23.3 Å². The number of rotatable bonds is 4. The van der Waals surface area contributed by atoms with Crippen molar-refractivity contribution < 1.29 is 10.3 Å². The predicted molar refractivity (Wildman–Crippen MR) is 75.8 cm³/mol. The van der Waals surface area contributed by atoms with E-state index in [1.54, 1.807) is 24.3 Å². The van der Waals surface area contributed by atoms with Crippen LogP contribution >= 0.6 is 11.6 Å². The van der Waals surface area contributed by atoms with Gasteiger partial charge in [0, 0.05) is 11.4 Å². The van der Waals surface area contributed by atoms with E-state index in [1.165, 1.54) is 0 Å². The molecule has 19 heavy (non-hydrogen) atoms. The lowest BCUT2D eigenvalue weighted by Crippen LogP contribution is -2.08. The third kappa shape index (κ3) is 3.56. The summed E-state index contributed by atoms with van der Waals surface area (Å²) in [6.45, 7) is 0.